The monoisotopic (exact) mass is 241 g/mol. The average molecular weight is 241 g/mol. The Kier molecular flexibility index (Phi) is 4.67. The first-order valence-corrected chi connectivity index (χ1v) is 6.25. The van der Waals surface area contributed by atoms with Crippen molar-refractivity contribution in [3.05, 3.63) is 42.0 Å². The van der Waals surface area contributed by atoms with E-state index in [1.165, 1.54) is 0 Å². The molecule has 1 atom stereocenters. The molecule has 88 valence electrons. The summed E-state index contributed by atoms with van der Waals surface area (Å²) < 4.78 is 28.7. The van der Waals surface area contributed by atoms with Crippen LogP contribution in [0.4, 0.5) is 0 Å². The predicted molar refractivity (Wildman–Crippen MR) is 64.0 cm³/mol. The molecule has 5 heteroatoms. The molecule has 1 N–H and O–H groups in total. The van der Waals surface area contributed by atoms with Gasteiger partial charge >= 0.3 is 10.3 Å². The molecule has 0 saturated carbocycles. The molecule has 1 rings (SSSR count). The zero-order valence-corrected chi connectivity index (χ0v) is 10.1. The van der Waals surface area contributed by atoms with Gasteiger partial charge in [-0.2, -0.15) is 13.1 Å². The van der Waals surface area contributed by atoms with E-state index in [0.29, 0.717) is 0 Å². The third-order valence-electron chi connectivity index (χ3n) is 1.93. The summed E-state index contributed by atoms with van der Waals surface area (Å²) in [4.78, 5) is 0. The van der Waals surface area contributed by atoms with E-state index < -0.39 is 10.3 Å². The highest BCUT2D eigenvalue weighted by atomic mass is 32.2. The average Bonchev–Trinajstić information content (AvgIpc) is 2.27. The van der Waals surface area contributed by atoms with Gasteiger partial charge in [-0.1, -0.05) is 42.5 Å². The van der Waals surface area contributed by atoms with E-state index in [4.69, 9.17) is 0 Å². The van der Waals surface area contributed by atoms with Gasteiger partial charge in [-0.05, 0) is 12.5 Å². The number of nitrogens with one attached hydrogen (secondary N) is 1. The van der Waals surface area contributed by atoms with Crippen LogP contribution in [-0.2, 0) is 14.5 Å². The van der Waals surface area contributed by atoms with Gasteiger partial charge in [0.1, 0.15) is 0 Å². The van der Waals surface area contributed by atoms with Gasteiger partial charge in [0.05, 0.1) is 7.11 Å². The largest absolute Gasteiger partial charge is 0.336 e. The van der Waals surface area contributed by atoms with Gasteiger partial charge in [0.25, 0.3) is 0 Å². The standard InChI is InChI=1S/C11H15NO3S/c1-10(12-16(13,14)15-2)8-9-11-6-4-3-5-7-11/h3-10,12H,1-2H3/b9-8+. The van der Waals surface area contributed by atoms with E-state index in [1.54, 1.807) is 13.0 Å². The molecule has 0 bridgehead atoms. The Bertz CT molecular complexity index is 440. The van der Waals surface area contributed by atoms with Crippen molar-refractivity contribution in [2.45, 2.75) is 13.0 Å². The van der Waals surface area contributed by atoms with Crippen molar-refractivity contribution in [3.8, 4) is 0 Å². The number of rotatable bonds is 5. The first-order chi connectivity index (χ1) is 7.53. The minimum atomic E-state index is -3.62. The normalized spacial score (nSPS) is 14.1. The summed E-state index contributed by atoms with van der Waals surface area (Å²) in [6.07, 6.45) is 3.61. The number of hydrogen-bond acceptors (Lipinski definition) is 3. The Morgan fingerprint density at radius 1 is 1.31 bits per heavy atom. The van der Waals surface area contributed by atoms with Crippen LogP contribution in [0.15, 0.2) is 36.4 Å². The maximum absolute atomic E-state index is 11.1. The molecule has 4 nitrogen and oxygen atoms in total. The second-order valence-electron chi connectivity index (χ2n) is 3.30. The SMILES string of the molecule is COS(=O)(=O)NC(C)/C=C/c1ccccc1. The topological polar surface area (TPSA) is 55.4 Å². The Morgan fingerprint density at radius 3 is 2.50 bits per heavy atom. The first kappa shape index (κ1) is 12.9. The van der Waals surface area contributed by atoms with E-state index in [2.05, 4.69) is 8.91 Å². The quantitative estimate of drug-likeness (QED) is 0.851. The van der Waals surface area contributed by atoms with Gasteiger partial charge in [0.2, 0.25) is 0 Å². The van der Waals surface area contributed by atoms with E-state index in [9.17, 15) is 8.42 Å². The second kappa shape index (κ2) is 5.79. The van der Waals surface area contributed by atoms with Crippen LogP contribution in [0.2, 0.25) is 0 Å². The van der Waals surface area contributed by atoms with Gasteiger partial charge in [-0.25, -0.2) is 0 Å². The van der Waals surface area contributed by atoms with Crippen LogP contribution < -0.4 is 4.72 Å². The van der Waals surface area contributed by atoms with Gasteiger partial charge in [0, 0.05) is 6.04 Å². The number of hydrogen-bond donors (Lipinski definition) is 1. The maximum atomic E-state index is 11.1. The fraction of sp³-hybridized carbons (Fsp3) is 0.273. The van der Waals surface area contributed by atoms with E-state index in [-0.39, 0.29) is 6.04 Å². The van der Waals surface area contributed by atoms with E-state index in [1.807, 2.05) is 36.4 Å². The maximum Gasteiger partial charge on any atom is 0.336 e. The minimum absolute atomic E-state index is 0.315. The summed E-state index contributed by atoms with van der Waals surface area (Å²) in [5.74, 6) is 0. The molecule has 0 radical (unpaired) electrons. The molecule has 0 heterocycles. The summed E-state index contributed by atoms with van der Waals surface area (Å²) in [7, 11) is -2.50. The van der Waals surface area contributed by atoms with Crippen molar-refractivity contribution >= 4 is 16.4 Å². The molecular weight excluding hydrogens is 226 g/mol. The molecular formula is C11H15NO3S. The molecule has 0 aromatic heterocycles. The number of benzene rings is 1. The highest BCUT2D eigenvalue weighted by molar-refractivity contribution is 7.84. The first-order valence-electron chi connectivity index (χ1n) is 4.84. The van der Waals surface area contributed by atoms with Gasteiger partial charge in [-0.3, -0.25) is 4.18 Å². The van der Waals surface area contributed by atoms with Gasteiger partial charge in [0.15, 0.2) is 0 Å². The molecule has 0 fully saturated rings. The van der Waals surface area contributed by atoms with Crippen molar-refractivity contribution in [2.75, 3.05) is 7.11 Å². The third kappa shape index (κ3) is 4.57. The lowest BCUT2D eigenvalue weighted by atomic mass is 10.2. The van der Waals surface area contributed by atoms with Crippen molar-refractivity contribution in [1.82, 2.24) is 4.72 Å². The van der Waals surface area contributed by atoms with Gasteiger partial charge in [-0.15, -0.1) is 0 Å². The fourth-order valence-electron chi connectivity index (χ4n) is 1.13. The van der Waals surface area contributed by atoms with Crippen LogP contribution in [0, 0.1) is 0 Å². The van der Waals surface area contributed by atoms with Crippen molar-refractivity contribution in [2.24, 2.45) is 0 Å². The minimum Gasteiger partial charge on any atom is -0.261 e. The summed E-state index contributed by atoms with van der Waals surface area (Å²) in [6.45, 7) is 1.73. The third-order valence-corrected chi connectivity index (χ3v) is 3.03. The summed E-state index contributed by atoms with van der Waals surface area (Å²) in [5.41, 5.74) is 1.02. The van der Waals surface area contributed by atoms with Crippen LogP contribution >= 0.6 is 0 Å². The van der Waals surface area contributed by atoms with Crippen LogP contribution in [0.1, 0.15) is 12.5 Å². The lowest BCUT2D eigenvalue weighted by Crippen LogP contribution is -2.31. The van der Waals surface area contributed by atoms with Crippen molar-refractivity contribution < 1.29 is 12.6 Å². The van der Waals surface area contributed by atoms with Crippen molar-refractivity contribution in [3.63, 3.8) is 0 Å². The van der Waals surface area contributed by atoms with E-state index >= 15 is 0 Å². The van der Waals surface area contributed by atoms with Crippen LogP contribution in [0.25, 0.3) is 6.08 Å². The molecule has 16 heavy (non-hydrogen) atoms. The summed E-state index contributed by atoms with van der Waals surface area (Å²) >= 11 is 0. The molecule has 1 unspecified atom stereocenters. The van der Waals surface area contributed by atoms with E-state index in [0.717, 1.165) is 12.7 Å². The fourth-order valence-corrected chi connectivity index (χ4v) is 1.76. The Morgan fingerprint density at radius 2 is 1.94 bits per heavy atom. The lowest BCUT2D eigenvalue weighted by molar-refractivity contribution is 0.384. The van der Waals surface area contributed by atoms with Crippen LogP contribution in [-0.4, -0.2) is 21.6 Å². The molecule has 0 aliphatic heterocycles. The molecule has 0 saturated heterocycles. The molecule has 0 aliphatic rings. The Hall–Kier alpha value is -1.17. The zero-order valence-electron chi connectivity index (χ0n) is 9.25. The molecule has 0 spiro atoms. The Labute approximate surface area is 96.2 Å². The molecule has 0 amide bonds. The Balaban J connectivity index is 2.59. The van der Waals surface area contributed by atoms with Crippen LogP contribution in [0.3, 0.4) is 0 Å². The molecule has 0 aliphatic carbocycles. The lowest BCUT2D eigenvalue weighted by Gasteiger charge is -2.07. The summed E-state index contributed by atoms with van der Waals surface area (Å²) in [5, 5.41) is 0. The molecule has 1 aromatic carbocycles. The van der Waals surface area contributed by atoms with Crippen molar-refractivity contribution in [1.29, 1.82) is 0 Å². The zero-order chi connectivity index (χ0) is 12.0. The van der Waals surface area contributed by atoms with Gasteiger partial charge < -0.3 is 0 Å². The van der Waals surface area contributed by atoms with Crippen LogP contribution in [0.5, 0.6) is 0 Å². The highest BCUT2D eigenvalue weighted by Gasteiger charge is 2.09. The second-order valence-corrected chi connectivity index (χ2v) is 4.77. The summed E-state index contributed by atoms with van der Waals surface area (Å²) in [6, 6.07) is 9.33. The highest BCUT2D eigenvalue weighted by Crippen LogP contribution is 2.02. The smallest absolute Gasteiger partial charge is 0.261 e. The molecule has 1 aromatic rings. The predicted octanol–water partition coefficient (Wildman–Crippen LogP) is 1.57.